The van der Waals surface area contributed by atoms with Crippen LogP contribution in [0.2, 0.25) is 0 Å². The van der Waals surface area contributed by atoms with Gasteiger partial charge in [0.25, 0.3) is 0 Å². The minimum atomic E-state index is -3.69. The fourth-order valence-electron chi connectivity index (χ4n) is 2.12. The number of ether oxygens (including phenoxy) is 1. The van der Waals surface area contributed by atoms with Crippen molar-refractivity contribution in [2.45, 2.75) is 37.0 Å². The number of hydrogen-bond donors (Lipinski definition) is 0. The summed E-state index contributed by atoms with van der Waals surface area (Å²) in [4.78, 5) is 11.7. The highest BCUT2D eigenvalue weighted by molar-refractivity contribution is 7.90. The molecule has 2 aromatic rings. The maximum absolute atomic E-state index is 12.7. The van der Waals surface area contributed by atoms with E-state index in [1.165, 1.54) is 25.4 Å². The van der Waals surface area contributed by atoms with E-state index in [0.717, 1.165) is 0 Å². The van der Waals surface area contributed by atoms with Crippen molar-refractivity contribution in [1.29, 1.82) is 0 Å². The number of rotatable bonds is 4. The third-order valence-electron chi connectivity index (χ3n) is 3.31. The maximum Gasteiger partial charge on any atom is 0.339 e. The van der Waals surface area contributed by atoms with E-state index in [2.05, 4.69) is 9.84 Å². The van der Waals surface area contributed by atoms with Gasteiger partial charge in [0.15, 0.2) is 9.84 Å². The van der Waals surface area contributed by atoms with Gasteiger partial charge < -0.3 is 4.74 Å². The van der Waals surface area contributed by atoms with E-state index in [1.807, 2.05) is 20.8 Å². The topological polar surface area (TPSA) is 78.3 Å². The summed E-state index contributed by atoms with van der Waals surface area (Å²) in [7, 11) is -2.46. The molecule has 0 spiro atoms. The van der Waals surface area contributed by atoms with Crippen LogP contribution in [0.5, 0.6) is 0 Å². The Hall–Kier alpha value is -2.15. The minimum Gasteiger partial charge on any atom is -0.465 e. The molecule has 0 atom stereocenters. The fourth-order valence-corrected chi connectivity index (χ4v) is 3.63. The van der Waals surface area contributed by atoms with Crippen molar-refractivity contribution in [3.8, 4) is 0 Å². The second-order valence-corrected chi connectivity index (χ2v) is 8.17. The molecular weight excluding hydrogens is 316 g/mol. The molecule has 1 aromatic heterocycles. The Kier molecular flexibility index (Phi) is 4.61. The lowest BCUT2D eigenvalue weighted by Crippen LogP contribution is -2.22. The van der Waals surface area contributed by atoms with Crippen LogP contribution >= 0.6 is 0 Å². The van der Waals surface area contributed by atoms with Gasteiger partial charge >= 0.3 is 5.97 Å². The zero-order valence-electron chi connectivity index (χ0n) is 13.6. The highest BCUT2D eigenvalue weighted by atomic mass is 32.2. The van der Waals surface area contributed by atoms with Gasteiger partial charge in [-0.1, -0.05) is 12.1 Å². The summed E-state index contributed by atoms with van der Waals surface area (Å²) < 4.78 is 31.7. The number of aromatic nitrogens is 2. The molecule has 0 aliphatic heterocycles. The van der Waals surface area contributed by atoms with E-state index in [0.29, 0.717) is 5.56 Å². The molecule has 23 heavy (non-hydrogen) atoms. The first kappa shape index (κ1) is 17.2. The van der Waals surface area contributed by atoms with Crippen LogP contribution in [0.25, 0.3) is 0 Å². The first-order chi connectivity index (χ1) is 10.6. The number of nitrogens with zero attached hydrogens (tertiary/aromatic N) is 2. The Bertz CT molecular complexity index is 817. The zero-order chi connectivity index (χ0) is 17.3. The van der Waals surface area contributed by atoms with E-state index >= 15 is 0 Å². The molecule has 0 N–H and O–H groups in total. The Morgan fingerprint density at radius 3 is 2.48 bits per heavy atom. The molecular formula is C16H20N2O4S. The molecule has 0 aliphatic rings. The normalized spacial score (nSPS) is 12.2. The SMILES string of the molecule is COC(=O)c1ccccc1S(=O)(=O)Cc1cnn(C(C)(C)C)c1. The molecule has 0 aliphatic carbocycles. The van der Waals surface area contributed by atoms with Gasteiger partial charge in [-0.3, -0.25) is 4.68 Å². The molecule has 6 nitrogen and oxygen atoms in total. The average Bonchev–Trinajstić information content (AvgIpc) is 2.94. The molecule has 124 valence electrons. The molecule has 0 fully saturated rings. The molecule has 7 heteroatoms. The summed E-state index contributed by atoms with van der Waals surface area (Å²) in [5.74, 6) is -0.897. The lowest BCUT2D eigenvalue weighted by Gasteiger charge is -2.18. The molecule has 2 rings (SSSR count). The van der Waals surface area contributed by atoms with Crippen LogP contribution in [0.15, 0.2) is 41.6 Å². The van der Waals surface area contributed by atoms with E-state index in [1.54, 1.807) is 23.0 Å². The number of methoxy groups -OCH3 is 1. The van der Waals surface area contributed by atoms with Crippen LogP contribution in [-0.2, 0) is 25.9 Å². The second kappa shape index (κ2) is 6.16. The molecule has 0 radical (unpaired) electrons. The number of benzene rings is 1. The molecule has 0 unspecified atom stereocenters. The third kappa shape index (κ3) is 3.79. The van der Waals surface area contributed by atoms with E-state index in [4.69, 9.17) is 0 Å². The first-order valence-corrected chi connectivity index (χ1v) is 8.74. The molecule has 1 heterocycles. The van der Waals surface area contributed by atoms with Gasteiger partial charge in [0.2, 0.25) is 0 Å². The highest BCUT2D eigenvalue weighted by Crippen LogP contribution is 2.22. The first-order valence-electron chi connectivity index (χ1n) is 7.09. The van der Waals surface area contributed by atoms with Crippen molar-refractivity contribution in [2.75, 3.05) is 7.11 Å². The van der Waals surface area contributed by atoms with Crippen LogP contribution in [0.3, 0.4) is 0 Å². The summed E-state index contributed by atoms with van der Waals surface area (Å²) >= 11 is 0. The molecule has 0 bridgehead atoms. The van der Waals surface area contributed by atoms with Crippen LogP contribution in [-0.4, -0.2) is 31.3 Å². The monoisotopic (exact) mass is 336 g/mol. The van der Waals surface area contributed by atoms with Crippen LogP contribution in [0.1, 0.15) is 36.7 Å². The summed E-state index contributed by atoms with van der Waals surface area (Å²) in [6, 6.07) is 6.04. The molecule has 0 amide bonds. The highest BCUT2D eigenvalue weighted by Gasteiger charge is 2.24. The van der Waals surface area contributed by atoms with Gasteiger partial charge in [0.05, 0.1) is 35.1 Å². The number of carbonyl (C=O) groups is 1. The second-order valence-electron chi connectivity index (χ2n) is 6.21. The number of hydrogen-bond acceptors (Lipinski definition) is 5. The van der Waals surface area contributed by atoms with Crippen LogP contribution in [0.4, 0.5) is 0 Å². The van der Waals surface area contributed by atoms with E-state index < -0.39 is 15.8 Å². The Labute approximate surface area is 136 Å². The van der Waals surface area contributed by atoms with Crippen molar-refractivity contribution in [3.05, 3.63) is 47.8 Å². The standard InChI is InChI=1S/C16H20N2O4S/c1-16(2,3)18-10-12(9-17-18)11-23(20,21)14-8-6-5-7-13(14)15(19)22-4/h5-10H,11H2,1-4H3. The Morgan fingerprint density at radius 2 is 1.91 bits per heavy atom. The van der Waals surface area contributed by atoms with Gasteiger partial charge in [-0.15, -0.1) is 0 Å². The summed E-state index contributed by atoms with van der Waals surface area (Å²) in [5.41, 5.74) is 0.379. The van der Waals surface area contributed by atoms with Crippen molar-refractivity contribution in [3.63, 3.8) is 0 Å². The summed E-state index contributed by atoms with van der Waals surface area (Å²) in [6.45, 7) is 5.93. The average molecular weight is 336 g/mol. The van der Waals surface area contributed by atoms with Crippen LogP contribution < -0.4 is 0 Å². The quantitative estimate of drug-likeness (QED) is 0.801. The van der Waals surface area contributed by atoms with Crippen molar-refractivity contribution < 1.29 is 17.9 Å². The minimum absolute atomic E-state index is 0.0321. The van der Waals surface area contributed by atoms with Gasteiger partial charge in [-0.2, -0.15) is 5.10 Å². The zero-order valence-corrected chi connectivity index (χ0v) is 14.4. The number of esters is 1. The smallest absolute Gasteiger partial charge is 0.339 e. The third-order valence-corrected chi connectivity index (χ3v) is 5.05. The van der Waals surface area contributed by atoms with Crippen molar-refractivity contribution >= 4 is 15.8 Å². The van der Waals surface area contributed by atoms with E-state index in [9.17, 15) is 13.2 Å². The number of sulfone groups is 1. The molecule has 1 aromatic carbocycles. The molecule has 0 saturated heterocycles. The fraction of sp³-hybridized carbons (Fsp3) is 0.375. The lowest BCUT2D eigenvalue weighted by atomic mass is 10.1. The summed E-state index contributed by atoms with van der Waals surface area (Å²) in [6.07, 6.45) is 3.24. The number of carbonyl (C=O) groups excluding carboxylic acids is 1. The van der Waals surface area contributed by atoms with Crippen molar-refractivity contribution in [1.82, 2.24) is 9.78 Å². The Balaban J connectivity index is 2.37. The predicted octanol–water partition coefficient (Wildman–Crippen LogP) is 2.40. The van der Waals surface area contributed by atoms with E-state index in [-0.39, 0.29) is 21.8 Å². The predicted molar refractivity (Wildman–Crippen MR) is 85.9 cm³/mol. The largest absolute Gasteiger partial charge is 0.465 e. The van der Waals surface area contributed by atoms with Crippen LogP contribution in [0, 0.1) is 0 Å². The molecule has 0 saturated carbocycles. The van der Waals surface area contributed by atoms with Gasteiger partial charge in [0.1, 0.15) is 0 Å². The summed E-state index contributed by atoms with van der Waals surface area (Å²) in [5, 5.41) is 4.20. The van der Waals surface area contributed by atoms with Crippen molar-refractivity contribution in [2.24, 2.45) is 0 Å². The Morgan fingerprint density at radius 1 is 1.26 bits per heavy atom. The van der Waals surface area contributed by atoms with Gasteiger partial charge in [0, 0.05) is 11.8 Å². The maximum atomic E-state index is 12.7. The van der Waals surface area contributed by atoms with Gasteiger partial charge in [-0.25, -0.2) is 13.2 Å². The van der Waals surface area contributed by atoms with Gasteiger partial charge in [-0.05, 0) is 32.9 Å². The lowest BCUT2D eigenvalue weighted by molar-refractivity contribution is 0.0596.